The topological polar surface area (TPSA) is 73.9 Å². The lowest BCUT2D eigenvalue weighted by Gasteiger charge is -2.32. The zero-order valence-corrected chi connectivity index (χ0v) is 14.6. The number of hydrogen-bond acceptors (Lipinski definition) is 6. The van der Waals surface area contributed by atoms with Crippen molar-refractivity contribution in [2.75, 3.05) is 25.1 Å². The SMILES string of the molecule is COC1CCN(c2nnc(-c3nnn(C)c3C)n2CC2CC2)CC1. The molecule has 0 atom stereocenters. The molecule has 1 saturated carbocycles. The van der Waals surface area contributed by atoms with Gasteiger partial charge in [0.2, 0.25) is 5.95 Å². The second-order valence-electron chi connectivity index (χ2n) is 6.95. The molecule has 1 aliphatic carbocycles. The Morgan fingerprint density at radius 3 is 2.42 bits per heavy atom. The molecular weight excluding hydrogens is 306 g/mol. The number of nitrogens with zero attached hydrogens (tertiary/aromatic N) is 7. The van der Waals surface area contributed by atoms with E-state index in [0.717, 1.165) is 61.6 Å². The highest BCUT2D eigenvalue weighted by Crippen LogP contribution is 2.34. The van der Waals surface area contributed by atoms with Crippen LogP contribution in [0, 0.1) is 12.8 Å². The molecule has 24 heavy (non-hydrogen) atoms. The second-order valence-corrected chi connectivity index (χ2v) is 6.95. The Morgan fingerprint density at radius 2 is 1.83 bits per heavy atom. The molecule has 0 radical (unpaired) electrons. The van der Waals surface area contributed by atoms with E-state index in [0.29, 0.717) is 6.10 Å². The molecule has 0 amide bonds. The first kappa shape index (κ1) is 15.6. The van der Waals surface area contributed by atoms with Gasteiger partial charge in [0.05, 0.1) is 11.8 Å². The Hall–Kier alpha value is -1.96. The van der Waals surface area contributed by atoms with E-state index in [4.69, 9.17) is 4.74 Å². The number of anilines is 1. The molecule has 2 aromatic heterocycles. The summed E-state index contributed by atoms with van der Waals surface area (Å²) < 4.78 is 9.52. The lowest BCUT2D eigenvalue weighted by Crippen LogP contribution is -2.38. The van der Waals surface area contributed by atoms with E-state index in [9.17, 15) is 0 Å². The van der Waals surface area contributed by atoms with Crippen LogP contribution in [0.3, 0.4) is 0 Å². The van der Waals surface area contributed by atoms with Crippen LogP contribution in [0.1, 0.15) is 31.4 Å². The lowest BCUT2D eigenvalue weighted by molar-refractivity contribution is 0.0815. The maximum atomic E-state index is 5.48. The predicted molar refractivity (Wildman–Crippen MR) is 89.7 cm³/mol. The molecule has 0 bridgehead atoms. The molecule has 1 aliphatic heterocycles. The van der Waals surface area contributed by atoms with E-state index >= 15 is 0 Å². The van der Waals surface area contributed by atoms with Crippen molar-refractivity contribution in [1.82, 2.24) is 29.8 Å². The smallest absolute Gasteiger partial charge is 0.227 e. The quantitative estimate of drug-likeness (QED) is 0.825. The van der Waals surface area contributed by atoms with E-state index < -0.39 is 0 Å². The first-order valence-corrected chi connectivity index (χ1v) is 8.75. The second kappa shape index (κ2) is 6.16. The van der Waals surface area contributed by atoms with E-state index in [1.807, 2.05) is 14.0 Å². The summed E-state index contributed by atoms with van der Waals surface area (Å²) in [5, 5.41) is 17.4. The third kappa shape index (κ3) is 2.79. The van der Waals surface area contributed by atoms with Gasteiger partial charge in [0.25, 0.3) is 0 Å². The largest absolute Gasteiger partial charge is 0.381 e. The highest BCUT2D eigenvalue weighted by Gasteiger charge is 2.30. The van der Waals surface area contributed by atoms with Gasteiger partial charge in [-0.05, 0) is 38.5 Å². The molecule has 2 fully saturated rings. The van der Waals surface area contributed by atoms with Crippen LogP contribution < -0.4 is 4.90 Å². The summed E-state index contributed by atoms with van der Waals surface area (Å²) in [6.07, 6.45) is 5.02. The van der Waals surface area contributed by atoms with Gasteiger partial charge in [-0.3, -0.25) is 9.25 Å². The Labute approximate surface area is 141 Å². The van der Waals surface area contributed by atoms with Crippen molar-refractivity contribution >= 4 is 5.95 Å². The summed E-state index contributed by atoms with van der Waals surface area (Å²) in [6.45, 7) is 4.91. The van der Waals surface area contributed by atoms with Gasteiger partial charge in [-0.25, -0.2) is 0 Å². The van der Waals surface area contributed by atoms with Crippen molar-refractivity contribution in [3.8, 4) is 11.5 Å². The van der Waals surface area contributed by atoms with Crippen LogP contribution in [0.4, 0.5) is 5.95 Å². The molecule has 2 aromatic rings. The average Bonchev–Trinajstić information content (AvgIpc) is 3.25. The van der Waals surface area contributed by atoms with E-state index in [2.05, 4.69) is 30.0 Å². The standard InChI is InChI=1S/C16H25N7O/c1-11-14(17-20-21(11)2)15-18-19-16(23(15)10-12-4-5-12)22-8-6-13(24-3)7-9-22/h12-13H,4-10H2,1-3H3. The minimum Gasteiger partial charge on any atom is -0.381 e. The monoisotopic (exact) mass is 331 g/mol. The van der Waals surface area contributed by atoms with Gasteiger partial charge in [0, 0.05) is 33.8 Å². The molecular formula is C16H25N7O. The fourth-order valence-electron chi connectivity index (χ4n) is 3.33. The molecule has 8 heteroatoms. The van der Waals surface area contributed by atoms with Crippen molar-refractivity contribution < 1.29 is 4.74 Å². The van der Waals surface area contributed by atoms with Crippen LogP contribution >= 0.6 is 0 Å². The molecule has 4 rings (SSSR count). The Bertz CT molecular complexity index is 710. The number of hydrogen-bond donors (Lipinski definition) is 0. The van der Waals surface area contributed by atoms with Gasteiger partial charge >= 0.3 is 0 Å². The first-order chi connectivity index (χ1) is 11.7. The summed E-state index contributed by atoms with van der Waals surface area (Å²) in [5.41, 5.74) is 1.85. The average molecular weight is 331 g/mol. The van der Waals surface area contributed by atoms with E-state index in [-0.39, 0.29) is 0 Å². The predicted octanol–water partition coefficient (Wildman–Crippen LogP) is 1.41. The van der Waals surface area contributed by atoms with Crippen molar-refractivity contribution in [2.24, 2.45) is 13.0 Å². The molecule has 0 spiro atoms. The third-order valence-corrected chi connectivity index (χ3v) is 5.25. The highest BCUT2D eigenvalue weighted by atomic mass is 16.5. The van der Waals surface area contributed by atoms with Gasteiger partial charge in [-0.2, -0.15) is 0 Å². The van der Waals surface area contributed by atoms with Crippen molar-refractivity contribution in [2.45, 2.75) is 45.3 Å². The van der Waals surface area contributed by atoms with Crippen molar-refractivity contribution in [3.63, 3.8) is 0 Å². The summed E-state index contributed by atoms with van der Waals surface area (Å²) in [5.74, 6) is 2.56. The highest BCUT2D eigenvalue weighted by molar-refractivity contribution is 5.55. The summed E-state index contributed by atoms with van der Waals surface area (Å²) in [4.78, 5) is 2.33. The minimum atomic E-state index is 0.364. The molecule has 8 nitrogen and oxygen atoms in total. The van der Waals surface area contributed by atoms with Crippen molar-refractivity contribution in [3.05, 3.63) is 5.69 Å². The van der Waals surface area contributed by atoms with Gasteiger partial charge in [0.1, 0.15) is 0 Å². The number of piperidine rings is 1. The van der Waals surface area contributed by atoms with Gasteiger partial charge in [-0.1, -0.05) is 5.21 Å². The number of aryl methyl sites for hydroxylation is 1. The molecule has 0 unspecified atom stereocenters. The maximum absolute atomic E-state index is 5.48. The van der Waals surface area contributed by atoms with Crippen LogP contribution in [0.5, 0.6) is 0 Å². The summed E-state index contributed by atoms with van der Waals surface area (Å²) in [7, 11) is 3.70. The lowest BCUT2D eigenvalue weighted by atomic mass is 10.1. The fourth-order valence-corrected chi connectivity index (χ4v) is 3.33. The Balaban J connectivity index is 1.66. The maximum Gasteiger partial charge on any atom is 0.227 e. The van der Waals surface area contributed by atoms with Crippen LogP contribution in [0.15, 0.2) is 0 Å². The van der Waals surface area contributed by atoms with Crippen LogP contribution in [-0.4, -0.2) is 56.1 Å². The van der Waals surface area contributed by atoms with Crippen LogP contribution in [0.25, 0.3) is 11.5 Å². The molecule has 0 N–H and O–H groups in total. The molecule has 3 heterocycles. The van der Waals surface area contributed by atoms with Gasteiger partial charge < -0.3 is 9.64 Å². The molecule has 1 saturated heterocycles. The number of methoxy groups -OCH3 is 1. The van der Waals surface area contributed by atoms with Gasteiger partial charge in [-0.15, -0.1) is 15.3 Å². The molecule has 130 valence electrons. The van der Waals surface area contributed by atoms with Crippen LogP contribution in [-0.2, 0) is 18.3 Å². The number of aromatic nitrogens is 6. The molecule has 2 aliphatic rings. The zero-order chi connectivity index (χ0) is 16.7. The van der Waals surface area contributed by atoms with E-state index in [1.54, 1.807) is 11.8 Å². The zero-order valence-electron chi connectivity index (χ0n) is 14.6. The number of rotatable bonds is 5. The Morgan fingerprint density at radius 1 is 1.08 bits per heavy atom. The number of ether oxygens (including phenoxy) is 1. The minimum absolute atomic E-state index is 0.364. The van der Waals surface area contributed by atoms with Crippen molar-refractivity contribution in [1.29, 1.82) is 0 Å². The normalized spacial score (nSPS) is 19.2. The Kier molecular flexibility index (Phi) is 3.99. The fraction of sp³-hybridized carbons (Fsp3) is 0.750. The third-order valence-electron chi connectivity index (χ3n) is 5.25. The molecule has 0 aromatic carbocycles. The summed E-state index contributed by atoms with van der Waals surface area (Å²) in [6, 6.07) is 0. The summed E-state index contributed by atoms with van der Waals surface area (Å²) >= 11 is 0. The van der Waals surface area contributed by atoms with Gasteiger partial charge in [0.15, 0.2) is 11.5 Å². The first-order valence-electron chi connectivity index (χ1n) is 8.75. The van der Waals surface area contributed by atoms with Crippen LogP contribution in [0.2, 0.25) is 0 Å². The van der Waals surface area contributed by atoms with E-state index in [1.165, 1.54) is 12.8 Å².